The van der Waals surface area contributed by atoms with Crippen LogP contribution in [0, 0.1) is 0 Å². The number of halogens is 1. The Kier molecular flexibility index (Phi) is 10.9. The van der Waals surface area contributed by atoms with Crippen molar-refractivity contribution in [3.8, 4) is 11.3 Å². The number of amides is 1. The van der Waals surface area contributed by atoms with Crippen LogP contribution < -0.4 is 10.0 Å². The van der Waals surface area contributed by atoms with Gasteiger partial charge < -0.3 is 14.4 Å². The first-order chi connectivity index (χ1) is 20.1. The molecule has 222 valence electrons. The van der Waals surface area contributed by atoms with Crippen LogP contribution >= 0.6 is 30.5 Å². The smallest absolute Gasteiger partial charge is 0.326 e. The summed E-state index contributed by atoms with van der Waals surface area (Å²) in [4.78, 5) is 18.3. The van der Waals surface area contributed by atoms with Gasteiger partial charge in [0.05, 0.1) is 30.0 Å². The van der Waals surface area contributed by atoms with Gasteiger partial charge in [-0.3, -0.25) is 14.1 Å². The van der Waals surface area contributed by atoms with E-state index in [0.717, 1.165) is 16.0 Å². The minimum Gasteiger partial charge on any atom is -0.326 e. The molecule has 0 spiro atoms. The second-order valence-corrected chi connectivity index (χ2v) is 14.3. The number of rotatable bonds is 14. The molecule has 0 atom stereocenters. The highest BCUT2D eigenvalue weighted by Crippen LogP contribution is 2.51. The van der Waals surface area contributed by atoms with E-state index in [1.165, 1.54) is 23.5 Å². The van der Waals surface area contributed by atoms with Gasteiger partial charge in [-0.2, -0.15) is 0 Å². The maximum absolute atomic E-state index is 12.9. The van der Waals surface area contributed by atoms with Gasteiger partial charge in [0.15, 0.2) is 5.13 Å². The van der Waals surface area contributed by atoms with Gasteiger partial charge in [-0.25, -0.2) is 13.4 Å². The van der Waals surface area contributed by atoms with Crippen molar-refractivity contribution in [1.29, 1.82) is 0 Å². The largest absolute Gasteiger partial charge is 0.335 e. The molecule has 0 aliphatic carbocycles. The number of thiazole rings is 1. The van der Waals surface area contributed by atoms with E-state index in [1.54, 1.807) is 80.6 Å². The molecule has 1 heterocycles. The summed E-state index contributed by atoms with van der Waals surface area (Å²) in [6.45, 7) is 4.09. The molecule has 0 unspecified atom stereocenters. The Balaban J connectivity index is 1.45. The Morgan fingerprint density at radius 3 is 2.21 bits per heavy atom. The zero-order valence-corrected chi connectivity index (χ0v) is 26.4. The van der Waals surface area contributed by atoms with Crippen molar-refractivity contribution in [3.05, 3.63) is 94.3 Å². The van der Waals surface area contributed by atoms with Gasteiger partial charge in [0.1, 0.15) is 0 Å². The van der Waals surface area contributed by atoms with Crippen molar-refractivity contribution in [2.24, 2.45) is 0 Å². The molecule has 0 fully saturated rings. The first kappa shape index (κ1) is 31.9. The lowest BCUT2D eigenvalue weighted by Gasteiger charge is -2.17. The molecule has 9 nitrogen and oxygen atoms in total. The van der Waals surface area contributed by atoms with Crippen LogP contribution in [-0.2, 0) is 41.0 Å². The van der Waals surface area contributed by atoms with Crippen LogP contribution in [0.4, 0.5) is 10.8 Å². The number of nitrogens with one attached hydrogen (secondary N) is 2. The summed E-state index contributed by atoms with van der Waals surface area (Å²) < 4.78 is 51.8. The predicted octanol–water partition coefficient (Wildman–Crippen LogP) is 7.60. The Morgan fingerprint density at radius 1 is 0.952 bits per heavy atom. The molecule has 13 heteroatoms. The fourth-order valence-electron chi connectivity index (χ4n) is 4.06. The zero-order valence-electron chi connectivity index (χ0n) is 23.1. The number of anilines is 2. The molecule has 0 saturated carbocycles. The molecule has 0 aliphatic heterocycles. The molecule has 0 radical (unpaired) electrons. The maximum Gasteiger partial charge on any atom is 0.335 e. The number of carbonyl (C=O) groups is 1. The number of benzene rings is 3. The van der Waals surface area contributed by atoms with Gasteiger partial charge in [0.25, 0.3) is 10.0 Å². The average molecular weight is 648 g/mol. The van der Waals surface area contributed by atoms with Crippen LogP contribution in [0.3, 0.4) is 0 Å². The van der Waals surface area contributed by atoms with Gasteiger partial charge >= 0.3 is 7.60 Å². The number of aromatic nitrogens is 1. The Hall–Kier alpha value is -3.05. The lowest BCUT2D eigenvalue weighted by Crippen LogP contribution is -2.12. The quantitative estimate of drug-likeness (QED) is 0.135. The minimum absolute atomic E-state index is 0.124. The fraction of sp³-hybridized carbons (Fsp3) is 0.241. The Morgan fingerprint density at radius 2 is 1.60 bits per heavy atom. The molecule has 0 aliphatic rings. The first-order valence-corrected chi connectivity index (χ1v) is 17.6. The lowest BCUT2D eigenvalue weighted by molar-refractivity contribution is -0.116. The maximum atomic E-state index is 12.9. The van der Waals surface area contributed by atoms with Gasteiger partial charge in [-0.1, -0.05) is 54.1 Å². The Labute approximate surface area is 254 Å². The Bertz CT molecular complexity index is 1640. The minimum atomic E-state index is -3.84. The molecule has 3 aromatic carbocycles. The second-order valence-electron chi connectivity index (χ2n) is 9.07. The van der Waals surface area contributed by atoms with E-state index in [-0.39, 0.29) is 41.7 Å². The predicted molar refractivity (Wildman–Crippen MR) is 168 cm³/mol. The summed E-state index contributed by atoms with van der Waals surface area (Å²) in [6, 6.07) is 22.1. The summed E-state index contributed by atoms with van der Waals surface area (Å²) in [5, 5.41) is 3.63. The molecule has 4 aromatic rings. The molecule has 42 heavy (non-hydrogen) atoms. The van der Waals surface area contributed by atoms with E-state index in [9.17, 15) is 17.8 Å². The molecular formula is C29H31ClN3O6PS2. The third kappa shape index (κ3) is 8.73. The van der Waals surface area contributed by atoms with Crippen molar-refractivity contribution in [3.63, 3.8) is 0 Å². The first-order valence-electron chi connectivity index (χ1n) is 13.2. The number of aryl methyl sites for hydroxylation is 1. The number of carbonyl (C=O) groups excluding carboxylic acids is 1. The summed E-state index contributed by atoms with van der Waals surface area (Å²) in [5.41, 5.74) is 2.68. The third-order valence-electron chi connectivity index (χ3n) is 5.93. The topological polar surface area (TPSA) is 124 Å². The monoisotopic (exact) mass is 647 g/mol. The number of hydrogen-bond acceptors (Lipinski definition) is 8. The molecular weight excluding hydrogens is 617 g/mol. The van der Waals surface area contributed by atoms with Crippen molar-refractivity contribution < 1.29 is 26.8 Å². The zero-order chi connectivity index (χ0) is 30.2. The van der Waals surface area contributed by atoms with E-state index < -0.39 is 17.6 Å². The van der Waals surface area contributed by atoms with Crippen LogP contribution in [0.15, 0.2) is 83.8 Å². The van der Waals surface area contributed by atoms with Crippen molar-refractivity contribution in [2.75, 3.05) is 23.3 Å². The van der Waals surface area contributed by atoms with Gasteiger partial charge in [-0.15, -0.1) is 11.3 Å². The van der Waals surface area contributed by atoms with Crippen LogP contribution in [0.1, 0.15) is 30.7 Å². The molecule has 0 saturated heterocycles. The SMILES string of the molecule is CCOP(=O)(Cc1ccc(NC(=O)CCc2sc(NS(=O)(=O)c3ccccc3)nc2-c2ccc(Cl)cc2)cc1)OCC. The van der Waals surface area contributed by atoms with E-state index in [4.69, 9.17) is 20.6 Å². The van der Waals surface area contributed by atoms with E-state index >= 15 is 0 Å². The van der Waals surface area contributed by atoms with E-state index in [1.807, 2.05) is 0 Å². The highest BCUT2D eigenvalue weighted by Gasteiger charge is 2.24. The fourth-order valence-corrected chi connectivity index (χ4v) is 8.13. The third-order valence-corrected chi connectivity index (χ3v) is 10.8. The standard InChI is InChI=1S/C29H31ClN3O6PS2/c1-3-38-40(35,39-4-2)20-21-10-16-24(17-11-21)31-27(34)19-18-26-28(22-12-14-23(30)15-13-22)32-29(41-26)33-42(36,37)25-8-6-5-7-9-25/h5-17H,3-4,18-20H2,1-2H3,(H,31,34)(H,32,33). The summed E-state index contributed by atoms with van der Waals surface area (Å²) in [6.07, 6.45) is 0.607. The lowest BCUT2D eigenvalue weighted by atomic mass is 10.1. The van der Waals surface area contributed by atoms with Crippen LogP contribution in [0.5, 0.6) is 0 Å². The normalized spacial score (nSPS) is 11.8. The highest BCUT2D eigenvalue weighted by molar-refractivity contribution is 7.93. The summed E-state index contributed by atoms with van der Waals surface area (Å²) >= 11 is 7.24. The number of nitrogens with zero attached hydrogens (tertiary/aromatic N) is 1. The molecule has 1 amide bonds. The molecule has 0 bridgehead atoms. The summed E-state index contributed by atoms with van der Waals surface area (Å²) in [7, 11) is -7.07. The van der Waals surface area contributed by atoms with E-state index in [2.05, 4.69) is 15.0 Å². The van der Waals surface area contributed by atoms with Crippen molar-refractivity contribution in [2.45, 2.75) is 37.7 Å². The average Bonchev–Trinajstić information content (AvgIpc) is 3.36. The van der Waals surface area contributed by atoms with Gasteiger partial charge in [0.2, 0.25) is 5.91 Å². The van der Waals surface area contributed by atoms with Gasteiger partial charge in [-0.05, 0) is 62.2 Å². The molecule has 4 rings (SSSR count). The second kappa shape index (κ2) is 14.4. The number of hydrogen-bond donors (Lipinski definition) is 2. The highest BCUT2D eigenvalue weighted by atomic mass is 35.5. The van der Waals surface area contributed by atoms with Crippen molar-refractivity contribution in [1.82, 2.24) is 4.98 Å². The van der Waals surface area contributed by atoms with Gasteiger partial charge in [0, 0.05) is 27.6 Å². The number of sulfonamides is 1. The van der Waals surface area contributed by atoms with E-state index in [0.29, 0.717) is 22.8 Å². The van der Waals surface area contributed by atoms with Crippen LogP contribution in [0.25, 0.3) is 11.3 Å². The molecule has 2 N–H and O–H groups in total. The van der Waals surface area contributed by atoms with Crippen LogP contribution in [-0.4, -0.2) is 32.5 Å². The summed E-state index contributed by atoms with van der Waals surface area (Å²) in [5.74, 6) is -0.223. The molecule has 1 aromatic heterocycles. The van der Waals surface area contributed by atoms with Crippen molar-refractivity contribution >= 4 is 57.3 Å². The van der Waals surface area contributed by atoms with Crippen LogP contribution in [0.2, 0.25) is 5.02 Å².